The topological polar surface area (TPSA) is 0 Å². The minimum Gasteiger partial charge on any atom is -0.0622 e. The summed E-state index contributed by atoms with van der Waals surface area (Å²) in [5.74, 6) is 31.3. The summed E-state index contributed by atoms with van der Waals surface area (Å²) < 4.78 is 0. The second-order valence-corrected chi connectivity index (χ2v) is 22.7. The van der Waals surface area contributed by atoms with Gasteiger partial charge in [-0.2, -0.15) is 0 Å². The molecule has 15 rings (SSSR count). The molecule has 4 atom stereocenters. The van der Waals surface area contributed by atoms with Gasteiger partial charge in [-0.25, -0.2) is 0 Å². The van der Waals surface area contributed by atoms with E-state index in [0.29, 0.717) is 0 Å². The molecular weight excluding hydrogens is 841 g/mol. The molecule has 4 unspecified atom stereocenters. The van der Waals surface area contributed by atoms with E-state index in [1.165, 1.54) is 88.2 Å². The van der Waals surface area contributed by atoms with Crippen LogP contribution in [0.15, 0.2) is 182 Å². The molecule has 0 N–H and O–H groups in total. The molecule has 8 bridgehead atoms. The van der Waals surface area contributed by atoms with E-state index in [0.717, 1.165) is 68.2 Å². The molecule has 0 nitrogen and oxygen atoms in total. The Balaban J connectivity index is 0.858. The van der Waals surface area contributed by atoms with Crippen molar-refractivity contribution >= 4 is 0 Å². The number of hydrogen-bond acceptors (Lipinski definition) is 0. The molecule has 0 amide bonds. The van der Waals surface area contributed by atoms with Gasteiger partial charge in [-0.1, -0.05) is 144 Å². The van der Waals surface area contributed by atoms with Gasteiger partial charge >= 0.3 is 0 Å². The molecule has 8 fully saturated rings. The monoisotopic (exact) mass is 898 g/mol. The molecule has 7 aromatic rings. The molecule has 0 radical (unpaired) electrons. The fraction of sp³-hybridized carbons (Fsp3) is 0.286. The van der Waals surface area contributed by atoms with E-state index in [-0.39, 0.29) is 21.7 Å². The first-order chi connectivity index (χ1) is 34.4. The van der Waals surface area contributed by atoms with Gasteiger partial charge in [-0.05, 0) is 230 Å². The van der Waals surface area contributed by atoms with Gasteiger partial charge in [-0.15, -0.1) is 0 Å². The Kier molecular flexibility index (Phi) is 10.6. The summed E-state index contributed by atoms with van der Waals surface area (Å²) in [4.78, 5) is 0. The van der Waals surface area contributed by atoms with Crippen LogP contribution < -0.4 is 0 Å². The van der Waals surface area contributed by atoms with E-state index >= 15 is 0 Å². The number of benzene rings is 7. The predicted molar refractivity (Wildman–Crippen MR) is 285 cm³/mol. The zero-order chi connectivity index (χ0) is 46.6. The Morgan fingerprint density at radius 1 is 0.243 bits per heavy atom. The van der Waals surface area contributed by atoms with E-state index in [4.69, 9.17) is 0 Å². The summed E-state index contributed by atoms with van der Waals surface area (Å²) in [6, 6.07) is 66.3. The Morgan fingerprint density at radius 3 is 0.786 bits per heavy atom. The van der Waals surface area contributed by atoms with Crippen molar-refractivity contribution in [1.82, 2.24) is 0 Å². The molecule has 0 saturated heterocycles. The lowest BCUT2D eigenvalue weighted by Gasteiger charge is -2.64. The van der Waals surface area contributed by atoms with Crippen LogP contribution in [-0.4, -0.2) is 0 Å². The van der Waals surface area contributed by atoms with E-state index in [9.17, 15) is 0 Å². The van der Waals surface area contributed by atoms with Gasteiger partial charge in [-0.3, -0.25) is 0 Å². The van der Waals surface area contributed by atoms with E-state index in [1.54, 1.807) is 11.1 Å². The van der Waals surface area contributed by atoms with Gasteiger partial charge in [0.2, 0.25) is 0 Å². The summed E-state index contributed by atoms with van der Waals surface area (Å²) in [5.41, 5.74) is 15.2. The fourth-order valence-electron chi connectivity index (χ4n) is 15.9. The first kappa shape index (κ1) is 42.8. The van der Waals surface area contributed by atoms with Crippen molar-refractivity contribution in [2.75, 3.05) is 0 Å². The third kappa shape index (κ3) is 8.20. The summed E-state index contributed by atoms with van der Waals surface area (Å²) in [6.07, 6.45) is 15.5. The maximum Gasteiger partial charge on any atom is 0.0264 e. The van der Waals surface area contributed by atoms with Crippen LogP contribution in [0.2, 0.25) is 0 Å². The zero-order valence-corrected chi connectivity index (χ0v) is 40.1. The Bertz CT molecular complexity index is 2980. The van der Waals surface area contributed by atoms with Crippen LogP contribution in [0.1, 0.15) is 144 Å². The van der Waals surface area contributed by atoms with Gasteiger partial charge in [0, 0.05) is 44.5 Å². The minimum absolute atomic E-state index is 0.119. The average molecular weight is 899 g/mol. The van der Waals surface area contributed by atoms with Gasteiger partial charge in [0.1, 0.15) is 0 Å². The largest absolute Gasteiger partial charge is 0.0622 e. The zero-order valence-electron chi connectivity index (χ0n) is 40.1. The van der Waals surface area contributed by atoms with Crippen LogP contribution >= 0.6 is 0 Å². The van der Waals surface area contributed by atoms with Gasteiger partial charge in [0.25, 0.3) is 0 Å². The minimum atomic E-state index is 0.119. The van der Waals surface area contributed by atoms with Crippen LogP contribution in [0.3, 0.4) is 0 Å². The van der Waals surface area contributed by atoms with Crippen LogP contribution in [-0.2, 0) is 21.7 Å². The highest BCUT2D eigenvalue weighted by molar-refractivity contribution is 5.56. The van der Waals surface area contributed by atoms with Crippen molar-refractivity contribution < 1.29 is 0 Å². The highest BCUT2D eigenvalue weighted by atomic mass is 14.6. The molecule has 0 aliphatic heterocycles. The Hall–Kier alpha value is -7.22. The average Bonchev–Trinajstić information content (AvgIpc) is 3.39. The lowest BCUT2D eigenvalue weighted by Crippen LogP contribution is -2.56. The highest BCUT2D eigenvalue weighted by Crippen LogP contribution is 2.69. The molecule has 0 aromatic heterocycles. The predicted octanol–water partition coefficient (Wildman–Crippen LogP) is 14.9. The molecule has 7 aromatic carbocycles. The molecule has 0 spiro atoms. The van der Waals surface area contributed by atoms with E-state index < -0.39 is 0 Å². The summed E-state index contributed by atoms with van der Waals surface area (Å²) in [7, 11) is 0. The van der Waals surface area contributed by atoms with Crippen LogP contribution in [0.4, 0.5) is 0 Å². The van der Waals surface area contributed by atoms with E-state index in [1.807, 2.05) is 0 Å². The molecule has 338 valence electrons. The first-order valence-corrected chi connectivity index (χ1v) is 26.1. The second kappa shape index (κ2) is 17.3. The Labute approximate surface area is 416 Å². The van der Waals surface area contributed by atoms with Gasteiger partial charge < -0.3 is 0 Å². The maximum absolute atomic E-state index is 3.60. The Morgan fingerprint density at radius 2 is 0.500 bits per heavy atom. The highest BCUT2D eigenvalue weighted by Gasteiger charge is 2.61. The second-order valence-electron chi connectivity index (χ2n) is 22.7. The van der Waals surface area contributed by atoms with Crippen molar-refractivity contribution in [3.63, 3.8) is 0 Å². The first-order valence-electron chi connectivity index (χ1n) is 26.1. The molecule has 0 heteroatoms. The van der Waals surface area contributed by atoms with Crippen LogP contribution in [0.25, 0.3) is 0 Å². The third-order valence-electron chi connectivity index (χ3n) is 17.8. The quantitative estimate of drug-likeness (QED) is 0.154. The standard InChI is InChI=1S/C70H58/c1-5-14-51(15-6-1)24-28-55-32-56(29-25-52-16-7-2-8-17-52)37-65(36-55)69-45-59-34-60(46-69)42-67(41-59,49-69)63-22-13-23-64(40-63)68-43-61-35-62(44-68)48-70(47-61,50-68)66-38-57(30-26-53-18-9-3-10-19-53)33-58(39-66)31-27-54-20-11-4-12-21-54/h1-23,32-33,36-40,59-62H,34-35,41-50H2. The van der Waals surface area contributed by atoms with Crippen molar-refractivity contribution in [3.05, 3.63) is 249 Å². The fourth-order valence-corrected chi connectivity index (χ4v) is 15.9. The maximum atomic E-state index is 3.60. The van der Waals surface area contributed by atoms with Crippen LogP contribution in [0.5, 0.6) is 0 Å². The smallest absolute Gasteiger partial charge is 0.0264 e. The lowest BCUT2D eigenvalue weighted by molar-refractivity contribution is -0.0310. The van der Waals surface area contributed by atoms with Gasteiger partial charge in [0.05, 0.1) is 0 Å². The number of hydrogen-bond donors (Lipinski definition) is 0. The van der Waals surface area contributed by atoms with Crippen molar-refractivity contribution in [1.29, 1.82) is 0 Å². The van der Waals surface area contributed by atoms with Crippen molar-refractivity contribution in [2.24, 2.45) is 23.7 Å². The lowest BCUT2D eigenvalue weighted by atomic mass is 9.40. The summed E-state index contributed by atoms with van der Waals surface area (Å²) in [6.45, 7) is 0. The molecule has 8 aliphatic rings. The van der Waals surface area contributed by atoms with Crippen molar-refractivity contribution in [3.8, 4) is 47.4 Å². The van der Waals surface area contributed by atoms with E-state index in [2.05, 4.69) is 229 Å². The van der Waals surface area contributed by atoms with Crippen LogP contribution in [0, 0.1) is 71.0 Å². The normalized spacial score (nSPS) is 28.2. The summed E-state index contributed by atoms with van der Waals surface area (Å²) >= 11 is 0. The molecule has 8 saturated carbocycles. The molecular formula is C70H58. The van der Waals surface area contributed by atoms with Gasteiger partial charge in [0.15, 0.2) is 0 Å². The SMILES string of the molecule is C(#Cc1cc(C#Cc2ccccc2)cc(C23CC4CC(C2)CC(c2cccc(C56CC7CC(CC(c8cc(C#Cc9ccccc9)cc(C#Cc9ccccc9)c8)(C7)C5)C6)c2)(C4)C3)c1)c1ccccc1. The third-order valence-corrected chi connectivity index (χ3v) is 17.8. The molecule has 8 aliphatic carbocycles. The summed E-state index contributed by atoms with van der Waals surface area (Å²) in [5, 5.41) is 0. The molecule has 0 heterocycles. The molecule has 70 heavy (non-hydrogen) atoms. The number of rotatable bonds is 4. The van der Waals surface area contributed by atoms with Crippen molar-refractivity contribution in [2.45, 2.75) is 98.7 Å².